The van der Waals surface area contributed by atoms with E-state index in [-0.39, 0.29) is 17.3 Å². The Balaban J connectivity index is 2.10. The molecular weight excluding hydrogens is 328 g/mol. The number of aliphatic hydroxyl groups is 1. The number of hydrogen-bond donors (Lipinski definition) is 2. The summed E-state index contributed by atoms with van der Waals surface area (Å²) in [4.78, 5) is 30.4. The topological polar surface area (TPSA) is 73.4 Å². The number of benzene rings is 1. The number of fused-ring (bicyclic) bond motifs is 1. The Morgan fingerprint density at radius 1 is 1.27 bits per heavy atom. The average molecular weight is 354 g/mol. The van der Waals surface area contributed by atoms with Crippen molar-refractivity contribution in [2.75, 3.05) is 6.54 Å². The van der Waals surface area contributed by atoms with E-state index in [0.717, 1.165) is 35.7 Å². The number of unbranched alkanes of at least 4 members (excludes halogenated alkanes) is 2. The molecule has 3 rings (SSSR count). The zero-order chi connectivity index (χ0) is 18.8. The molecule has 0 aliphatic carbocycles. The maximum absolute atomic E-state index is 12.8. The highest BCUT2D eigenvalue weighted by molar-refractivity contribution is 6.10. The third-order valence-electron chi connectivity index (χ3n) is 5.01. The number of nitrogens with one attached hydrogen (secondary N) is 1. The van der Waals surface area contributed by atoms with Crippen LogP contribution in [0.15, 0.2) is 41.8 Å². The van der Waals surface area contributed by atoms with E-state index in [4.69, 9.17) is 0 Å². The number of aliphatic hydroxyl groups excluding tert-OH is 1. The number of carbonyl (C=O) groups excluding carboxylic acids is 2. The molecule has 138 valence electrons. The molecular formula is C21H26N2O3. The van der Waals surface area contributed by atoms with Crippen molar-refractivity contribution in [3.8, 4) is 0 Å². The molecule has 1 amide bonds. The first-order valence-corrected chi connectivity index (χ1v) is 9.31. The molecule has 1 unspecified atom stereocenters. The van der Waals surface area contributed by atoms with Crippen molar-refractivity contribution >= 4 is 22.6 Å². The summed E-state index contributed by atoms with van der Waals surface area (Å²) in [6.07, 6.45) is 4.73. The number of ketones is 1. The molecule has 26 heavy (non-hydrogen) atoms. The number of aromatic amines is 1. The van der Waals surface area contributed by atoms with Gasteiger partial charge in [-0.15, -0.1) is 0 Å². The average Bonchev–Trinajstić information content (AvgIpc) is 3.15. The molecule has 1 aliphatic rings. The van der Waals surface area contributed by atoms with Crippen LogP contribution in [-0.2, 0) is 9.59 Å². The number of rotatable bonds is 7. The van der Waals surface area contributed by atoms with Gasteiger partial charge in [0.05, 0.1) is 11.6 Å². The summed E-state index contributed by atoms with van der Waals surface area (Å²) in [6.45, 7) is 6.21. The van der Waals surface area contributed by atoms with Gasteiger partial charge in [0.1, 0.15) is 0 Å². The summed E-state index contributed by atoms with van der Waals surface area (Å²) in [6, 6.07) is 7.28. The number of H-pyrrole nitrogens is 1. The van der Waals surface area contributed by atoms with Gasteiger partial charge in [-0.25, -0.2) is 0 Å². The van der Waals surface area contributed by atoms with Gasteiger partial charge < -0.3 is 15.0 Å². The molecule has 1 atom stereocenters. The minimum atomic E-state index is -0.537. The Morgan fingerprint density at radius 3 is 2.69 bits per heavy atom. The molecule has 1 aromatic heterocycles. The highest BCUT2D eigenvalue weighted by atomic mass is 16.3. The quantitative estimate of drug-likeness (QED) is 0.729. The number of para-hydroxylation sites is 1. The monoisotopic (exact) mass is 354 g/mol. The minimum absolute atomic E-state index is 0.177. The number of Topliss-reactive ketones (excluding diaryl/α,β-unsaturated/α-hetero) is 1. The fraction of sp³-hybridized carbons (Fsp3) is 0.429. The lowest BCUT2D eigenvalue weighted by Crippen LogP contribution is -2.32. The van der Waals surface area contributed by atoms with E-state index in [9.17, 15) is 14.7 Å². The highest BCUT2D eigenvalue weighted by Crippen LogP contribution is 2.41. The molecule has 0 saturated heterocycles. The Kier molecular flexibility index (Phi) is 5.16. The van der Waals surface area contributed by atoms with E-state index >= 15 is 0 Å². The number of hydrogen-bond acceptors (Lipinski definition) is 3. The fourth-order valence-corrected chi connectivity index (χ4v) is 3.62. The van der Waals surface area contributed by atoms with E-state index in [0.29, 0.717) is 6.54 Å². The molecule has 5 heteroatoms. The normalized spacial score (nSPS) is 17.8. The van der Waals surface area contributed by atoms with Crippen LogP contribution in [0.1, 0.15) is 51.6 Å². The molecule has 0 fully saturated rings. The second kappa shape index (κ2) is 7.36. The maximum Gasteiger partial charge on any atom is 0.290 e. The zero-order valence-corrected chi connectivity index (χ0v) is 15.6. The SMILES string of the molecule is CCCCCN1C(=O)C(O)=C(C(=O)C(C)C)C1c1c[nH]c2ccccc12. The number of carbonyl (C=O) groups is 2. The molecule has 5 nitrogen and oxygen atoms in total. The van der Waals surface area contributed by atoms with Gasteiger partial charge in [0.2, 0.25) is 0 Å². The lowest BCUT2D eigenvalue weighted by molar-refractivity contribution is -0.129. The molecule has 0 radical (unpaired) electrons. The zero-order valence-electron chi connectivity index (χ0n) is 15.6. The van der Waals surface area contributed by atoms with Crippen molar-refractivity contribution in [1.82, 2.24) is 9.88 Å². The van der Waals surface area contributed by atoms with Crippen LogP contribution in [0, 0.1) is 5.92 Å². The Bertz CT molecular complexity index is 863. The third-order valence-corrected chi connectivity index (χ3v) is 5.01. The summed E-state index contributed by atoms with van der Waals surface area (Å²) >= 11 is 0. The van der Waals surface area contributed by atoms with Gasteiger partial charge in [0.25, 0.3) is 5.91 Å². The lowest BCUT2D eigenvalue weighted by Gasteiger charge is -2.26. The first-order chi connectivity index (χ1) is 12.5. The van der Waals surface area contributed by atoms with Crippen molar-refractivity contribution < 1.29 is 14.7 Å². The van der Waals surface area contributed by atoms with Crippen molar-refractivity contribution in [3.63, 3.8) is 0 Å². The Hall–Kier alpha value is -2.56. The molecule has 2 heterocycles. The van der Waals surface area contributed by atoms with Crippen molar-refractivity contribution in [2.24, 2.45) is 5.92 Å². The first kappa shape index (κ1) is 18.2. The van der Waals surface area contributed by atoms with Gasteiger partial charge in [-0.2, -0.15) is 0 Å². The van der Waals surface area contributed by atoms with Crippen LogP contribution in [0.3, 0.4) is 0 Å². The van der Waals surface area contributed by atoms with Crippen LogP contribution in [-0.4, -0.2) is 33.2 Å². The van der Waals surface area contributed by atoms with Crippen LogP contribution in [0.2, 0.25) is 0 Å². The first-order valence-electron chi connectivity index (χ1n) is 9.31. The standard InChI is InChI=1S/C21H26N2O3/c1-4-5-8-11-23-18(15-12-22-16-10-7-6-9-14(15)16)17(19(24)13(2)3)20(25)21(23)26/h6-7,9-10,12-13,18,22,25H,4-5,8,11H2,1-3H3. The molecule has 0 spiro atoms. The molecule has 1 aromatic carbocycles. The Morgan fingerprint density at radius 2 is 2.00 bits per heavy atom. The predicted molar refractivity (Wildman–Crippen MR) is 102 cm³/mol. The van der Waals surface area contributed by atoms with E-state index in [2.05, 4.69) is 11.9 Å². The lowest BCUT2D eigenvalue weighted by atomic mass is 9.91. The summed E-state index contributed by atoms with van der Waals surface area (Å²) in [5.41, 5.74) is 2.04. The van der Waals surface area contributed by atoms with E-state index in [1.54, 1.807) is 18.7 Å². The maximum atomic E-state index is 12.8. The number of nitrogens with zero attached hydrogens (tertiary/aromatic N) is 1. The van der Waals surface area contributed by atoms with Gasteiger partial charge >= 0.3 is 0 Å². The summed E-state index contributed by atoms with van der Waals surface area (Å²) in [7, 11) is 0. The molecule has 2 N–H and O–H groups in total. The van der Waals surface area contributed by atoms with Crippen LogP contribution < -0.4 is 0 Å². The van der Waals surface area contributed by atoms with Crippen LogP contribution in [0.4, 0.5) is 0 Å². The van der Waals surface area contributed by atoms with Gasteiger partial charge in [-0.05, 0) is 12.5 Å². The van der Waals surface area contributed by atoms with Gasteiger partial charge in [-0.3, -0.25) is 9.59 Å². The van der Waals surface area contributed by atoms with Crippen molar-refractivity contribution in [3.05, 3.63) is 47.4 Å². The van der Waals surface area contributed by atoms with E-state index in [1.807, 2.05) is 30.5 Å². The number of amides is 1. The van der Waals surface area contributed by atoms with Gasteiger partial charge in [0, 0.05) is 35.1 Å². The number of aromatic nitrogens is 1. The van der Waals surface area contributed by atoms with Crippen molar-refractivity contribution in [2.45, 2.75) is 46.1 Å². The minimum Gasteiger partial charge on any atom is -0.503 e. The van der Waals surface area contributed by atoms with Crippen LogP contribution in [0.25, 0.3) is 10.9 Å². The second-order valence-corrected chi connectivity index (χ2v) is 7.18. The van der Waals surface area contributed by atoms with Crippen molar-refractivity contribution in [1.29, 1.82) is 0 Å². The van der Waals surface area contributed by atoms with E-state index < -0.39 is 17.7 Å². The largest absolute Gasteiger partial charge is 0.503 e. The summed E-state index contributed by atoms with van der Waals surface area (Å²) in [5.74, 6) is -1.30. The molecule has 0 bridgehead atoms. The van der Waals surface area contributed by atoms with Gasteiger partial charge in [-0.1, -0.05) is 51.8 Å². The third kappa shape index (κ3) is 3.02. The Labute approximate surface area is 153 Å². The fourth-order valence-electron chi connectivity index (χ4n) is 3.62. The predicted octanol–water partition coefficient (Wildman–Crippen LogP) is 4.28. The highest BCUT2D eigenvalue weighted by Gasteiger charge is 2.44. The van der Waals surface area contributed by atoms with E-state index in [1.165, 1.54) is 0 Å². The smallest absolute Gasteiger partial charge is 0.290 e. The van der Waals surface area contributed by atoms with Crippen LogP contribution in [0.5, 0.6) is 0 Å². The molecule has 2 aromatic rings. The second-order valence-electron chi connectivity index (χ2n) is 7.18. The molecule has 0 saturated carbocycles. The summed E-state index contributed by atoms with van der Waals surface area (Å²) < 4.78 is 0. The van der Waals surface area contributed by atoms with Gasteiger partial charge in [0.15, 0.2) is 11.5 Å². The molecule has 1 aliphatic heterocycles. The van der Waals surface area contributed by atoms with Crippen LogP contribution >= 0.6 is 0 Å². The summed E-state index contributed by atoms with van der Waals surface area (Å²) in [5, 5.41) is 11.5.